The van der Waals surface area contributed by atoms with E-state index in [2.05, 4.69) is 26.9 Å². The molecule has 2 saturated heterocycles. The minimum atomic E-state index is -1.76. The van der Waals surface area contributed by atoms with E-state index in [0.717, 1.165) is 26.1 Å². The summed E-state index contributed by atoms with van der Waals surface area (Å²) in [6.07, 6.45) is 8.71. The largest absolute Gasteiger partial charge is 0.394 e. The van der Waals surface area contributed by atoms with Crippen molar-refractivity contribution in [2.24, 2.45) is 0 Å². The van der Waals surface area contributed by atoms with Crippen LogP contribution in [0.25, 0.3) is 0 Å². The molecule has 0 radical (unpaired) electrons. The van der Waals surface area contributed by atoms with E-state index in [1.807, 2.05) is 0 Å². The Balaban J connectivity index is 1.24. The zero-order chi connectivity index (χ0) is 57.8. The Morgan fingerprint density at radius 1 is 0.388 bits per heavy atom. The summed E-state index contributed by atoms with van der Waals surface area (Å²) in [4.78, 5) is 12.0. The first-order valence-corrected chi connectivity index (χ1v) is 32.2. The lowest BCUT2D eigenvalue weighted by molar-refractivity contribution is -0.348. The first-order chi connectivity index (χ1) is 39.2. The monoisotopic (exact) mass is 1200 g/mol. The van der Waals surface area contributed by atoms with Crippen LogP contribution in [-0.4, -0.2) is 273 Å². The number of nitrogens with one attached hydrogen (secondary N) is 1. The standard InChI is InChI=1S/C55H107NO22S2/c1-45(60)56-48-50(62)53(78-55-52(64)51(63)49(61)46(43-58)76-55)47(44-59)77-54(48)75-40-39-74-38-37-73-36-35-72-34-33-71-32-30-69-27-24-66-21-16-12-8-4-6-10-14-18-42-80-79-41-17-13-9-5-2-3-7-11-15-20-65-23-26-68-29-31-70-28-25-67-22-19-57/h46-55,57-59,61-64H,2-44H2,1H3,(H,56,60)/t46?,47?,48?,49-,50+,51-,52?,53+,54+,55-/m0/s1. The fourth-order valence-electron chi connectivity index (χ4n) is 8.50. The molecule has 2 heterocycles. The summed E-state index contributed by atoms with van der Waals surface area (Å²) >= 11 is 0. The van der Waals surface area contributed by atoms with Gasteiger partial charge in [0.25, 0.3) is 0 Å². The lowest BCUT2D eigenvalue weighted by Crippen LogP contribution is -2.67. The Bertz CT molecular complexity index is 1350. The number of rotatable bonds is 59. The fraction of sp³-hybridized carbons (Fsp3) is 0.982. The summed E-state index contributed by atoms with van der Waals surface area (Å²) in [5, 5.41) is 72.5. The molecular formula is C55H107NO22S2. The first kappa shape index (κ1) is 75.4. The molecule has 25 heteroatoms. The molecule has 23 nitrogen and oxygen atoms in total. The molecule has 8 N–H and O–H groups in total. The van der Waals surface area contributed by atoms with E-state index >= 15 is 0 Å². The molecule has 0 aliphatic carbocycles. The number of aliphatic hydroxyl groups is 7. The van der Waals surface area contributed by atoms with Gasteiger partial charge in [-0.15, -0.1) is 0 Å². The fourth-order valence-corrected chi connectivity index (χ4v) is 10.8. The second-order valence-corrected chi connectivity index (χ2v) is 22.3. The molecule has 0 spiro atoms. The van der Waals surface area contributed by atoms with Crippen LogP contribution in [0.5, 0.6) is 0 Å². The third-order valence-electron chi connectivity index (χ3n) is 13.0. The van der Waals surface area contributed by atoms with Crippen LogP contribution < -0.4 is 5.32 Å². The molecule has 80 heavy (non-hydrogen) atoms. The topological polar surface area (TPSA) is 300 Å². The van der Waals surface area contributed by atoms with Gasteiger partial charge >= 0.3 is 0 Å². The molecule has 2 rings (SSSR count). The number of amides is 1. The van der Waals surface area contributed by atoms with E-state index in [0.29, 0.717) is 106 Å². The van der Waals surface area contributed by atoms with Gasteiger partial charge in [-0.3, -0.25) is 4.79 Å². The van der Waals surface area contributed by atoms with Crippen LogP contribution >= 0.6 is 21.6 Å². The number of hydrogen-bond acceptors (Lipinski definition) is 24. The quantitative estimate of drug-likeness (QED) is 0.0321. The third kappa shape index (κ3) is 39.8. The van der Waals surface area contributed by atoms with Crippen LogP contribution in [0.2, 0.25) is 0 Å². The minimum absolute atomic E-state index is 0.000331. The molecular weight excluding hydrogens is 1090 g/mol. The highest BCUT2D eigenvalue weighted by atomic mass is 33.1. The number of aliphatic hydroxyl groups excluding tert-OH is 7. The normalized spacial score (nSPS) is 23.3. The number of unbranched alkanes of at least 4 members (excludes halogenated alkanes) is 15. The van der Waals surface area contributed by atoms with E-state index < -0.39 is 80.5 Å². The van der Waals surface area contributed by atoms with Gasteiger partial charge < -0.3 is 107 Å². The maximum Gasteiger partial charge on any atom is 0.217 e. The third-order valence-corrected chi connectivity index (χ3v) is 15.5. The lowest BCUT2D eigenvalue weighted by atomic mass is 9.95. The van der Waals surface area contributed by atoms with Crippen molar-refractivity contribution in [2.45, 2.75) is 177 Å². The smallest absolute Gasteiger partial charge is 0.217 e. The molecule has 2 aliphatic heterocycles. The molecule has 0 bridgehead atoms. The number of carbonyl (C=O) groups excluding carboxylic acids is 1. The molecule has 0 aromatic heterocycles. The van der Waals surface area contributed by atoms with Crippen LogP contribution in [0.4, 0.5) is 0 Å². The summed E-state index contributed by atoms with van der Waals surface area (Å²) in [6.45, 7) is 9.68. The maximum atomic E-state index is 12.0. The van der Waals surface area contributed by atoms with Crippen molar-refractivity contribution in [2.75, 3.05) is 170 Å². The predicted molar refractivity (Wildman–Crippen MR) is 303 cm³/mol. The van der Waals surface area contributed by atoms with Gasteiger partial charge in [-0.2, -0.15) is 0 Å². The Morgan fingerprint density at radius 2 is 0.725 bits per heavy atom. The van der Waals surface area contributed by atoms with Gasteiger partial charge in [0.05, 0.1) is 145 Å². The first-order valence-electron chi connectivity index (χ1n) is 29.7. The van der Waals surface area contributed by atoms with E-state index in [4.69, 9.17) is 71.4 Å². The second kappa shape index (κ2) is 54.9. The summed E-state index contributed by atoms with van der Waals surface area (Å²) < 4.78 is 77.8. The lowest BCUT2D eigenvalue weighted by Gasteiger charge is -2.47. The van der Waals surface area contributed by atoms with Gasteiger partial charge in [-0.1, -0.05) is 105 Å². The average Bonchev–Trinajstić information content (AvgIpc) is 3.45. The zero-order valence-electron chi connectivity index (χ0n) is 48.2. The van der Waals surface area contributed by atoms with Gasteiger partial charge in [0.2, 0.25) is 5.91 Å². The van der Waals surface area contributed by atoms with Gasteiger partial charge in [0.15, 0.2) is 12.6 Å². The van der Waals surface area contributed by atoms with Gasteiger partial charge in [0.1, 0.15) is 48.8 Å². The van der Waals surface area contributed by atoms with Crippen molar-refractivity contribution in [1.29, 1.82) is 0 Å². The highest BCUT2D eigenvalue weighted by Crippen LogP contribution is 2.30. The predicted octanol–water partition coefficient (Wildman–Crippen LogP) is 2.94. The molecule has 10 atom stereocenters. The summed E-state index contributed by atoms with van der Waals surface area (Å²) in [5.41, 5.74) is 0. The van der Waals surface area contributed by atoms with Crippen LogP contribution in [0.1, 0.15) is 116 Å². The molecule has 476 valence electrons. The summed E-state index contributed by atoms with van der Waals surface area (Å²) in [7, 11) is 4.12. The van der Waals surface area contributed by atoms with Crippen molar-refractivity contribution in [3.05, 3.63) is 0 Å². The zero-order valence-corrected chi connectivity index (χ0v) is 49.9. The van der Waals surface area contributed by atoms with E-state index in [1.165, 1.54) is 115 Å². The summed E-state index contributed by atoms with van der Waals surface area (Å²) in [6, 6.07) is -1.17. The Labute approximate surface area is 485 Å². The SMILES string of the molecule is CC(=O)NC1[C@H](OCCOCCOCCOCCOCCOCCOCCCCCCCCCCSSCCCCCCCCCCCOCCOCCOCCOCCO)OC(CO)[C@@H](O[C@@H]2OC(CO)[C@H](O)[C@H](O)C2O)[C@@H]1O. The molecule has 2 aliphatic rings. The van der Waals surface area contributed by atoms with E-state index in [-0.39, 0.29) is 26.4 Å². The Hall–Kier alpha value is -0.670. The molecule has 0 aromatic rings. The van der Waals surface area contributed by atoms with Crippen molar-refractivity contribution in [1.82, 2.24) is 5.32 Å². The maximum absolute atomic E-state index is 12.0. The van der Waals surface area contributed by atoms with E-state index in [1.54, 1.807) is 0 Å². The summed E-state index contributed by atoms with van der Waals surface area (Å²) in [5.74, 6) is 2.04. The van der Waals surface area contributed by atoms with Crippen molar-refractivity contribution in [3.63, 3.8) is 0 Å². The number of hydrogen-bond donors (Lipinski definition) is 8. The van der Waals surface area contributed by atoms with Crippen molar-refractivity contribution < 1.29 is 107 Å². The van der Waals surface area contributed by atoms with Gasteiger partial charge in [-0.25, -0.2) is 0 Å². The van der Waals surface area contributed by atoms with Crippen LogP contribution in [0.3, 0.4) is 0 Å². The average molecular weight is 1200 g/mol. The molecule has 4 unspecified atom stereocenters. The molecule has 2 fully saturated rings. The van der Waals surface area contributed by atoms with Gasteiger partial charge in [-0.05, 0) is 25.7 Å². The van der Waals surface area contributed by atoms with Crippen molar-refractivity contribution >= 4 is 27.5 Å². The van der Waals surface area contributed by atoms with Crippen LogP contribution in [0.15, 0.2) is 0 Å². The van der Waals surface area contributed by atoms with Crippen LogP contribution in [-0.2, 0) is 71.1 Å². The molecule has 0 saturated carbocycles. The Kier molecular flexibility index (Phi) is 51.8. The van der Waals surface area contributed by atoms with Crippen LogP contribution in [0, 0.1) is 0 Å². The molecule has 0 aromatic carbocycles. The van der Waals surface area contributed by atoms with Gasteiger partial charge in [0, 0.05) is 31.6 Å². The van der Waals surface area contributed by atoms with Crippen molar-refractivity contribution in [3.8, 4) is 0 Å². The highest BCUT2D eigenvalue weighted by molar-refractivity contribution is 8.76. The van der Waals surface area contributed by atoms with E-state index in [9.17, 15) is 35.4 Å². The Morgan fingerprint density at radius 3 is 1.10 bits per heavy atom. The highest BCUT2D eigenvalue weighted by Gasteiger charge is 2.51. The second-order valence-electron chi connectivity index (χ2n) is 19.6. The minimum Gasteiger partial charge on any atom is -0.394 e. The number of ether oxygens (including phenoxy) is 14. The molecule has 1 amide bonds. The number of carbonyl (C=O) groups is 1.